The van der Waals surface area contributed by atoms with Gasteiger partial charge in [-0.1, -0.05) is 11.6 Å². The minimum atomic E-state index is -0.227. The van der Waals surface area contributed by atoms with Crippen molar-refractivity contribution in [1.82, 2.24) is 4.90 Å². The Hall–Kier alpha value is -0.930. The molecule has 3 nitrogen and oxygen atoms in total. The van der Waals surface area contributed by atoms with E-state index >= 15 is 0 Å². The van der Waals surface area contributed by atoms with Crippen LogP contribution in [0.4, 0.5) is 0 Å². The van der Waals surface area contributed by atoms with Gasteiger partial charge in [-0.25, -0.2) is 0 Å². The smallest absolute Gasteiger partial charge is 0.257 e. The molecule has 0 heterocycles. The van der Waals surface area contributed by atoms with Gasteiger partial charge in [0.05, 0.1) is 5.56 Å². The van der Waals surface area contributed by atoms with Gasteiger partial charge >= 0.3 is 0 Å². The molecule has 0 atom stereocenters. The van der Waals surface area contributed by atoms with Crippen LogP contribution in [0.25, 0.3) is 0 Å². The van der Waals surface area contributed by atoms with Crippen molar-refractivity contribution >= 4 is 29.1 Å². The number of phenols is 1. The van der Waals surface area contributed by atoms with E-state index in [9.17, 15) is 9.90 Å². The van der Waals surface area contributed by atoms with E-state index in [0.29, 0.717) is 23.9 Å². The third-order valence-electron chi connectivity index (χ3n) is 2.61. The Bertz CT molecular complexity index is 421. The second kappa shape index (κ2) is 6.86. The molecule has 0 unspecified atom stereocenters. The second-order valence-corrected chi connectivity index (χ2v) is 5.11. The van der Waals surface area contributed by atoms with Crippen molar-refractivity contribution in [2.75, 3.05) is 12.4 Å². The molecule has 5 heteroatoms. The highest BCUT2D eigenvalue weighted by atomic mass is 35.5. The molecule has 0 aromatic heterocycles. The topological polar surface area (TPSA) is 40.5 Å². The molecule has 18 heavy (non-hydrogen) atoms. The zero-order valence-corrected chi connectivity index (χ0v) is 12.0. The van der Waals surface area contributed by atoms with Gasteiger partial charge in [0.2, 0.25) is 0 Å². The highest BCUT2D eigenvalue weighted by molar-refractivity contribution is 6.31. The van der Waals surface area contributed by atoms with E-state index in [2.05, 4.69) is 0 Å². The van der Waals surface area contributed by atoms with Gasteiger partial charge in [-0.3, -0.25) is 4.79 Å². The molecule has 1 amide bonds. The maximum absolute atomic E-state index is 12.3. The summed E-state index contributed by atoms with van der Waals surface area (Å²) >= 11 is 11.5. The lowest BCUT2D eigenvalue weighted by molar-refractivity contribution is 0.0703. The molecule has 1 aromatic rings. The molecular weight excluding hydrogens is 273 g/mol. The molecule has 0 saturated heterocycles. The summed E-state index contributed by atoms with van der Waals surface area (Å²) in [4.78, 5) is 14.0. The van der Waals surface area contributed by atoms with Crippen molar-refractivity contribution in [3.63, 3.8) is 0 Å². The number of carbonyl (C=O) groups is 1. The van der Waals surface area contributed by atoms with E-state index in [1.807, 2.05) is 13.8 Å². The lowest BCUT2D eigenvalue weighted by Crippen LogP contribution is -2.37. The fraction of sp³-hybridized carbons (Fsp3) is 0.462. The molecule has 0 aliphatic heterocycles. The van der Waals surface area contributed by atoms with Gasteiger partial charge in [-0.15, -0.1) is 11.6 Å². The third-order valence-corrected chi connectivity index (χ3v) is 3.11. The van der Waals surface area contributed by atoms with Gasteiger partial charge in [-0.05, 0) is 38.5 Å². The van der Waals surface area contributed by atoms with Crippen LogP contribution in [0, 0.1) is 0 Å². The van der Waals surface area contributed by atoms with Gasteiger partial charge in [0.25, 0.3) is 5.91 Å². The van der Waals surface area contributed by atoms with Crippen molar-refractivity contribution in [2.45, 2.75) is 26.3 Å². The Morgan fingerprint density at radius 1 is 1.44 bits per heavy atom. The summed E-state index contributed by atoms with van der Waals surface area (Å²) in [5.74, 6) is 0.217. The predicted molar refractivity (Wildman–Crippen MR) is 74.6 cm³/mol. The number of hydrogen-bond donors (Lipinski definition) is 1. The monoisotopic (exact) mass is 289 g/mol. The van der Waals surface area contributed by atoms with Crippen molar-refractivity contribution in [2.24, 2.45) is 0 Å². The Balaban J connectivity index is 2.98. The van der Waals surface area contributed by atoms with Crippen LogP contribution in [0.5, 0.6) is 5.75 Å². The number of aromatic hydroxyl groups is 1. The van der Waals surface area contributed by atoms with E-state index in [4.69, 9.17) is 23.2 Å². The Morgan fingerprint density at radius 3 is 2.67 bits per heavy atom. The number of phenolic OH excluding ortho intramolecular Hbond substituents is 1. The highest BCUT2D eigenvalue weighted by Gasteiger charge is 2.21. The summed E-state index contributed by atoms with van der Waals surface area (Å²) in [6, 6.07) is 4.50. The second-order valence-electron chi connectivity index (χ2n) is 4.30. The quantitative estimate of drug-likeness (QED) is 0.843. The zero-order valence-electron chi connectivity index (χ0n) is 10.5. The summed E-state index contributed by atoms with van der Waals surface area (Å²) in [7, 11) is 0. The Morgan fingerprint density at radius 2 is 2.11 bits per heavy atom. The van der Waals surface area contributed by atoms with Gasteiger partial charge in [0.15, 0.2) is 0 Å². The zero-order chi connectivity index (χ0) is 13.7. The minimum absolute atomic E-state index is 0.0408. The summed E-state index contributed by atoms with van der Waals surface area (Å²) in [6.45, 7) is 4.41. The summed E-state index contributed by atoms with van der Waals surface area (Å²) < 4.78 is 0. The van der Waals surface area contributed by atoms with E-state index in [1.54, 1.807) is 11.0 Å². The molecule has 100 valence electrons. The lowest BCUT2D eigenvalue weighted by Gasteiger charge is -2.27. The fourth-order valence-corrected chi connectivity index (χ4v) is 1.95. The lowest BCUT2D eigenvalue weighted by atomic mass is 10.1. The summed E-state index contributed by atoms with van der Waals surface area (Å²) in [6.07, 6.45) is 0.715. The minimum Gasteiger partial charge on any atom is -0.507 e. The molecule has 1 N–H and O–H groups in total. The number of amides is 1. The first-order valence-electron chi connectivity index (χ1n) is 5.82. The number of rotatable bonds is 5. The number of benzene rings is 1. The molecule has 0 bridgehead atoms. The molecule has 0 aliphatic carbocycles. The van der Waals surface area contributed by atoms with E-state index in [-0.39, 0.29) is 23.3 Å². The van der Waals surface area contributed by atoms with Crippen LogP contribution >= 0.6 is 23.2 Å². The first-order chi connectivity index (χ1) is 8.47. The van der Waals surface area contributed by atoms with Crippen LogP contribution in [0.2, 0.25) is 5.02 Å². The van der Waals surface area contributed by atoms with Crippen LogP contribution < -0.4 is 0 Å². The van der Waals surface area contributed by atoms with Crippen LogP contribution in [-0.4, -0.2) is 34.4 Å². The number of halogens is 2. The third kappa shape index (κ3) is 3.79. The normalized spacial score (nSPS) is 10.7. The molecule has 0 aliphatic rings. The van der Waals surface area contributed by atoms with Gasteiger partial charge in [0.1, 0.15) is 5.75 Å². The van der Waals surface area contributed by atoms with Crippen LogP contribution in [0.1, 0.15) is 30.6 Å². The maximum Gasteiger partial charge on any atom is 0.257 e. The molecule has 1 rings (SSSR count). The molecule has 0 fully saturated rings. The summed E-state index contributed by atoms with van der Waals surface area (Å²) in [5.41, 5.74) is 0.228. The molecular formula is C13H17Cl2NO2. The predicted octanol–water partition coefficient (Wildman–Crippen LogP) is 3.53. The fourth-order valence-electron chi connectivity index (χ4n) is 1.66. The van der Waals surface area contributed by atoms with Crippen LogP contribution in [0.15, 0.2) is 18.2 Å². The summed E-state index contributed by atoms with van der Waals surface area (Å²) in [5, 5.41) is 10.2. The van der Waals surface area contributed by atoms with Crippen molar-refractivity contribution in [3.05, 3.63) is 28.8 Å². The van der Waals surface area contributed by atoms with Gasteiger partial charge in [0, 0.05) is 23.5 Å². The number of hydrogen-bond acceptors (Lipinski definition) is 2. The van der Waals surface area contributed by atoms with Crippen molar-refractivity contribution in [1.29, 1.82) is 0 Å². The maximum atomic E-state index is 12.3. The molecule has 1 aromatic carbocycles. The number of alkyl halides is 1. The average Bonchev–Trinajstić information content (AvgIpc) is 2.32. The average molecular weight is 290 g/mol. The van der Waals surface area contributed by atoms with E-state index < -0.39 is 0 Å². The first kappa shape index (κ1) is 15.1. The Kier molecular flexibility index (Phi) is 5.76. The van der Waals surface area contributed by atoms with Gasteiger partial charge < -0.3 is 10.0 Å². The molecule has 0 spiro atoms. The Labute approximate surface area is 117 Å². The SMILES string of the molecule is CC(C)N(CCCCl)C(=O)c1cc(Cl)ccc1O. The first-order valence-corrected chi connectivity index (χ1v) is 6.74. The standard InChI is InChI=1S/C13H17Cl2NO2/c1-9(2)16(7-3-6-14)13(18)11-8-10(15)4-5-12(11)17/h4-5,8-9,17H,3,6-7H2,1-2H3. The van der Waals surface area contributed by atoms with E-state index in [1.165, 1.54) is 12.1 Å². The van der Waals surface area contributed by atoms with Crippen molar-refractivity contribution < 1.29 is 9.90 Å². The van der Waals surface area contributed by atoms with E-state index in [0.717, 1.165) is 0 Å². The number of nitrogens with zero attached hydrogens (tertiary/aromatic N) is 1. The molecule has 0 saturated carbocycles. The van der Waals surface area contributed by atoms with Gasteiger partial charge in [-0.2, -0.15) is 0 Å². The highest BCUT2D eigenvalue weighted by Crippen LogP contribution is 2.23. The largest absolute Gasteiger partial charge is 0.507 e. The molecule has 0 radical (unpaired) electrons. The van der Waals surface area contributed by atoms with Crippen LogP contribution in [0.3, 0.4) is 0 Å². The number of carbonyl (C=O) groups excluding carboxylic acids is 1. The van der Waals surface area contributed by atoms with Crippen LogP contribution in [-0.2, 0) is 0 Å². The van der Waals surface area contributed by atoms with Crippen molar-refractivity contribution in [3.8, 4) is 5.75 Å².